The summed E-state index contributed by atoms with van der Waals surface area (Å²) in [6, 6.07) is 13.0. The fourth-order valence-electron chi connectivity index (χ4n) is 4.21. The van der Waals surface area contributed by atoms with Gasteiger partial charge in [-0.3, -0.25) is 14.4 Å². The molecule has 1 aromatic carbocycles. The molecule has 146 valence electrons. The van der Waals surface area contributed by atoms with Crippen LogP contribution in [0.15, 0.2) is 53.1 Å². The van der Waals surface area contributed by atoms with E-state index in [2.05, 4.69) is 0 Å². The van der Waals surface area contributed by atoms with E-state index in [-0.39, 0.29) is 30.7 Å². The lowest BCUT2D eigenvalue weighted by atomic mass is 9.89. The second-order valence-corrected chi connectivity index (χ2v) is 7.46. The van der Waals surface area contributed by atoms with Crippen LogP contribution >= 0.6 is 0 Å². The summed E-state index contributed by atoms with van der Waals surface area (Å²) in [5.41, 5.74) is 0.923. The zero-order valence-corrected chi connectivity index (χ0v) is 15.4. The third-order valence-corrected chi connectivity index (χ3v) is 5.67. The SMILES string of the molecule is O=C(O)C1CN(C(=O)C2CC(=O)N(Cc3ccco3)C2)CC1c1ccccc1. The molecule has 2 saturated heterocycles. The number of carboxylic acid groups (broad SMARTS) is 1. The first-order valence-electron chi connectivity index (χ1n) is 9.39. The Bertz CT molecular complexity index is 864. The summed E-state index contributed by atoms with van der Waals surface area (Å²) in [4.78, 5) is 40.3. The van der Waals surface area contributed by atoms with Crippen molar-refractivity contribution in [2.45, 2.75) is 18.9 Å². The molecule has 7 nitrogen and oxygen atoms in total. The molecule has 2 aromatic rings. The van der Waals surface area contributed by atoms with Gasteiger partial charge in [0.1, 0.15) is 5.76 Å². The maximum absolute atomic E-state index is 13.0. The van der Waals surface area contributed by atoms with Crippen molar-refractivity contribution >= 4 is 17.8 Å². The number of aliphatic carboxylic acids is 1. The molecule has 0 aliphatic carbocycles. The molecule has 1 N–H and O–H groups in total. The van der Waals surface area contributed by atoms with Crippen molar-refractivity contribution in [1.82, 2.24) is 9.80 Å². The van der Waals surface area contributed by atoms with Crippen molar-refractivity contribution < 1.29 is 23.9 Å². The van der Waals surface area contributed by atoms with Crippen molar-refractivity contribution in [2.24, 2.45) is 11.8 Å². The van der Waals surface area contributed by atoms with Crippen LogP contribution in [0.2, 0.25) is 0 Å². The molecule has 3 unspecified atom stereocenters. The fraction of sp³-hybridized carbons (Fsp3) is 0.381. The number of amides is 2. The van der Waals surface area contributed by atoms with E-state index in [9.17, 15) is 19.5 Å². The summed E-state index contributed by atoms with van der Waals surface area (Å²) >= 11 is 0. The Kier molecular flexibility index (Phi) is 4.90. The maximum Gasteiger partial charge on any atom is 0.308 e. The van der Waals surface area contributed by atoms with E-state index in [1.807, 2.05) is 30.3 Å². The summed E-state index contributed by atoms with van der Waals surface area (Å²) in [5, 5.41) is 9.63. The summed E-state index contributed by atoms with van der Waals surface area (Å²) in [6.45, 7) is 1.22. The van der Waals surface area contributed by atoms with Crippen LogP contribution in [0.1, 0.15) is 23.7 Å². The first kappa shape index (κ1) is 18.3. The number of rotatable bonds is 5. The number of carbonyl (C=O) groups excluding carboxylic acids is 2. The van der Waals surface area contributed by atoms with Gasteiger partial charge in [0.25, 0.3) is 0 Å². The first-order chi connectivity index (χ1) is 13.5. The number of hydrogen-bond acceptors (Lipinski definition) is 4. The Hall–Kier alpha value is -3.09. The van der Waals surface area contributed by atoms with E-state index in [0.717, 1.165) is 5.56 Å². The predicted molar refractivity (Wildman–Crippen MR) is 99.1 cm³/mol. The number of benzene rings is 1. The van der Waals surface area contributed by atoms with Gasteiger partial charge >= 0.3 is 5.97 Å². The van der Waals surface area contributed by atoms with Crippen LogP contribution in [-0.2, 0) is 20.9 Å². The van der Waals surface area contributed by atoms with Crippen LogP contribution in [0.25, 0.3) is 0 Å². The van der Waals surface area contributed by atoms with E-state index in [1.165, 1.54) is 0 Å². The molecule has 2 amide bonds. The van der Waals surface area contributed by atoms with Gasteiger partial charge in [-0.05, 0) is 17.7 Å². The third-order valence-electron chi connectivity index (χ3n) is 5.67. The van der Waals surface area contributed by atoms with Crippen LogP contribution in [-0.4, -0.2) is 52.3 Å². The molecule has 0 saturated carbocycles. The Balaban J connectivity index is 1.45. The zero-order valence-electron chi connectivity index (χ0n) is 15.4. The second-order valence-electron chi connectivity index (χ2n) is 7.46. The molecule has 7 heteroatoms. The summed E-state index contributed by atoms with van der Waals surface area (Å²) in [6.07, 6.45) is 1.71. The number of likely N-dealkylation sites (tertiary alicyclic amines) is 2. The third kappa shape index (κ3) is 3.52. The smallest absolute Gasteiger partial charge is 0.308 e. The largest absolute Gasteiger partial charge is 0.481 e. The van der Waals surface area contributed by atoms with Crippen LogP contribution in [0.4, 0.5) is 0 Å². The highest BCUT2D eigenvalue weighted by molar-refractivity contribution is 5.90. The van der Waals surface area contributed by atoms with Gasteiger partial charge in [0.15, 0.2) is 0 Å². The molecular formula is C21H22N2O5. The van der Waals surface area contributed by atoms with E-state index < -0.39 is 17.8 Å². The topological polar surface area (TPSA) is 91.1 Å². The monoisotopic (exact) mass is 382 g/mol. The average molecular weight is 382 g/mol. The average Bonchev–Trinajstić information content (AvgIpc) is 3.43. The van der Waals surface area contributed by atoms with Gasteiger partial charge in [0, 0.05) is 32.0 Å². The highest BCUT2D eigenvalue weighted by atomic mass is 16.4. The predicted octanol–water partition coefficient (Wildman–Crippen LogP) is 1.95. The number of nitrogens with zero attached hydrogens (tertiary/aromatic N) is 2. The molecule has 2 fully saturated rings. The van der Waals surface area contributed by atoms with E-state index in [1.54, 1.807) is 28.2 Å². The van der Waals surface area contributed by atoms with Crippen LogP contribution in [0.3, 0.4) is 0 Å². The summed E-state index contributed by atoms with van der Waals surface area (Å²) in [5.74, 6) is -1.75. The van der Waals surface area contributed by atoms with Gasteiger partial charge in [0.2, 0.25) is 11.8 Å². The summed E-state index contributed by atoms with van der Waals surface area (Å²) in [7, 11) is 0. The maximum atomic E-state index is 13.0. The highest BCUT2D eigenvalue weighted by Crippen LogP contribution is 2.34. The number of furan rings is 1. The number of carboxylic acids is 1. The summed E-state index contributed by atoms with van der Waals surface area (Å²) < 4.78 is 5.29. The lowest BCUT2D eigenvalue weighted by Crippen LogP contribution is -2.36. The van der Waals surface area contributed by atoms with Crippen LogP contribution in [0, 0.1) is 11.8 Å². The molecule has 2 aliphatic heterocycles. The van der Waals surface area contributed by atoms with E-state index in [0.29, 0.717) is 25.4 Å². The lowest BCUT2D eigenvalue weighted by molar-refractivity contribution is -0.142. The van der Waals surface area contributed by atoms with E-state index >= 15 is 0 Å². The minimum Gasteiger partial charge on any atom is -0.481 e. The zero-order chi connectivity index (χ0) is 19.7. The molecule has 2 aliphatic rings. The van der Waals surface area contributed by atoms with Crippen molar-refractivity contribution in [1.29, 1.82) is 0 Å². The fourth-order valence-corrected chi connectivity index (χ4v) is 4.21. The molecule has 0 spiro atoms. The molecule has 3 heterocycles. The van der Waals surface area contributed by atoms with Crippen molar-refractivity contribution in [3.8, 4) is 0 Å². The number of carbonyl (C=O) groups is 3. The second kappa shape index (κ2) is 7.50. The van der Waals surface area contributed by atoms with Gasteiger partial charge in [-0.25, -0.2) is 0 Å². The van der Waals surface area contributed by atoms with Gasteiger partial charge < -0.3 is 19.3 Å². The first-order valence-corrected chi connectivity index (χ1v) is 9.39. The Morgan fingerprint density at radius 1 is 1.07 bits per heavy atom. The Morgan fingerprint density at radius 3 is 2.54 bits per heavy atom. The van der Waals surface area contributed by atoms with Gasteiger partial charge in [-0.1, -0.05) is 30.3 Å². The highest BCUT2D eigenvalue weighted by Gasteiger charge is 2.44. The number of hydrogen-bond donors (Lipinski definition) is 1. The molecular weight excluding hydrogens is 360 g/mol. The quantitative estimate of drug-likeness (QED) is 0.854. The molecule has 28 heavy (non-hydrogen) atoms. The minimum absolute atomic E-state index is 0.0802. The van der Waals surface area contributed by atoms with Crippen molar-refractivity contribution in [2.75, 3.05) is 19.6 Å². The van der Waals surface area contributed by atoms with Crippen LogP contribution < -0.4 is 0 Å². The molecule has 3 atom stereocenters. The van der Waals surface area contributed by atoms with Crippen LogP contribution in [0.5, 0.6) is 0 Å². The molecule has 1 aromatic heterocycles. The molecule has 4 rings (SSSR count). The van der Waals surface area contributed by atoms with Crippen molar-refractivity contribution in [3.05, 3.63) is 60.1 Å². The molecule has 0 radical (unpaired) electrons. The van der Waals surface area contributed by atoms with Gasteiger partial charge in [-0.2, -0.15) is 0 Å². The lowest BCUT2D eigenvalue weighted by Gasteiger charge is -2.21. The minimum atomic E-state index is -0.897. The Labute approximate surface area is 162 Å². The normalized spacial score (nSPS) is 24.7. The van der Waals surface area contributed by atoms with Gasteiger partial charge in [0.05, 0.1) is 24.6 Å². The standard InChI is InChI=1S/C21H22N2O5/c24-19-9-15(10-22(19)11-16-7-4-8-28-16)20(25)23-12-17(18(13-23)21(26)27)14-5-2-1-3-6-14/h1-8,15,17-18H,9-13H2,(H,26,27). The Morgan fingerprint density at radius 2 is 1.86 bits per heavy atom. The van der Waals surface area contributed by atoms with E-state index in [4.69, 9.17) is 4.42 Å². The van der Waals surface area contributed by atoms with Crippen molar-refractivity contribution in [3.63, 3.8) is 0 Å². The molecule has 0 bridgehead atoms. The van der Waals surface area contributed by atoms with Gasteiger partial charge in [-0.15, -0.1) is 0 Å².